The highest BCUT2D eigenvalue weighted by Gasteiger charge is 2.42. The van der Waals surface area contributed by atoms with Gasteiger partial charge in [0.2, 0.25) is 12.2 Å². The van der Waals surface area contributed by atoms with Crippen molar-refractivity contribution in [3.8, 4) is 6.07 Å². The Morgan fingerprint density at radius 1 is 1.16 bits per heavy atom. The fourth-order valence-electron chi connectivity index (χ4n) is 5.48. The Morgan fingerprint density at radius 2 is 1.87 bits per heavy atom. The van der Waals surface area contributed by atoms with E-state index in [-0.39, 0.29) is 43.8 Å². The van der Waals surface area contributed by atoms with Crippen molar-refractivity contribution in [3.05, 3.63) is 18.6 Å². The quantitative estimate of drug-likeness (QED) is 0.348. The first-order chi connectivity index (χ1) is 21.3. The number of likely N-dealkylation sites (N-methyl/N-ethyl adjacent to an activating group) is 3. The summed E-state index contributed by atoms with van der Waals surface area (Å²) in [4.78, 5) is 64.7. The van der Waals surface area contributed by atoms with Crippen LogP contribution >= 0.6 is 0 Å². The van der Waals surface area contributed by atoms with Gasteiger partial charge in [-0.15, -0.1) is 0 Å². The van der Waals surface area contributed by atoms with Crippen LogP contribution in [0, 0.1) is 17.2 Å². The number of piperidine rings is 1. The van der Waals surface area contributed by atoms with Crippen molar-refractivity contribution in [2.24, 2.45) is 5.92 Å². The van der Waals surface area contributed by atoms with E-state index >= 15 is 0 Å². The lowest BCUT2D eigenvalue weighted by molar-refractivity contribution is -0.237. The minimum atomic E-state index is -1.75. The van der Waals surface area contributed by atoms with Crippen LogP contribution in [0.1, 0.15) is 26.2 Å². The summed E-state index contributed by atoms with van der Waals surface area (Å²) in [5.74, 6) is -0.876. The molecule has 0 aliphatic carbocycles. The summed E-state index contributed by atoms with van der Waals surface area (Å²) in [5, 5.41) is 38.4. The van der Waals surface area contributed by atoms with Gasteiger partial charge < -0.3 is 44.4 Å². The number of likely N-dealkylation sites (tertiary alicyclic amines) is 1. The molecule has 2 saturated heterocycles. The van der Waals surface area contributed by atoms with Gasteiger partial charge in [0.05, 0.1) is 23.6 Å². The predicted molar refractivity (Wildman–Crippen MR) is 156 cm³/mol. The summed E-state index contributed by atoms with van der Waals surface area (Å²) in [7, 11) is 4.85. The lowest BCUT2D eigenvalue weighted by atomic mass is 9.92. The number of anilines is 1. The zero-order valence-electron chi connectivity index (χ0n) is 25.5. The van der Waals surface area contributed by atoms with Crippen LogP contribution in [0.5, 0.6) is 0 Å². The first kappa shape index (κ1) is 33.4. The molecule has 0 saturated carbocycles. The van der Waals surface area contributed by atoms with Crippen LogP contribution in [0.3, 0.4) is 0 Å². The van der Waals surface area contributed by atoms with Crippen molar-refractivity contribution in [2.45, 2.75) is 56.8 Å². The maximum Gasteiger partial charge on any atom is 0.411 e. The number of aliphatic carboxylic acids is 1. The van der Waals surface area contributed by atoms with Crippen LogP contribution in [0.25, 0.3) is 11.0 Å². The van der Waals surface area contributed by atoms with Gasteiger partial charge in [-0.05, 0) is 18.4 Å². The molecule has 2 aromatic rings. The third-order valence-corrected chi connectivity index (χ3v) is 8.32. The Kier molecular flexibility index (Phi) is 10.4. The number of hydrogen-bond acceptors (Lipinski definition) is 12. The number of ether oxygens (including phenoxy) is 2. The molecule has 4 rings (SSSR count). The number of fused-ring (bicyclic) bond motifs is 1. The van der Waals surface area contributed by atoms with Gasteiger partial charge in [0, 0.05) is 59.9 Å². The van der Waals surface area contributed by atoms with Crippen molar-refractivity contribution < 1.29 is 44.0 Å². The fourth-order valence-corrected chi connectivity index (χ4v) is 5.48. The van der Waals surface area contributed by atoms with Crippen LogP contribution in [-0.4, -0.2) is 147 Å². The molecule has 45 heavy (non-hydrogen) atoms. The number of carbonyl (C=O) groups is 4. The minimum absolute atomic E-state index is 0.0457. The molecule has 0 aromatic carbocycles. The fraction of sp³-hybridized carbons (Fsp3) is 0.607. The summed E-state index contributed by atoms with van der Waals surface area (Å²) in [5.41, 5.74) is 0.375. The van der Waals surface area contributed by atoms with Gasteiger partial charge >= 0.3 is 18.1 Å². The van der Waals surface area contributed by atoms with Crippen molar-refractivity contribution >= 4 is 40.9 Å². The number of rotatable bonds is 8. The second-order valence-corrected chi connectivity index (χ2v) is 11.4. The van der Waals surface area contributed by atoms with Gasteiger partial charge in [0.25, 0.3) is 0 Å². The van der Waals surface area contributed by atoms with E-state index in [1.807, 2.05) is 18.0 Å². The number of carboxylic acid groups (broad SMARTS) is 1. The molecule has 2 fully saturated rings. The summed E-state index contributed by atoms with van der Waals surface area (Å²) < 4.78 is 11.6. The highest BCUT2D eigenvalue weighted by Crippen LogP contribution is 2.30. The molecule has 2 aliphatic heterocycles. The highest BCUT2D eigenvalue weighted by atomic mass is 16.7. The Morgan fingerprint density at radius 3 is 2.56 bits per heavy atom. The number of carboxylic acids is 1. The van der Waals surface area contributed by atoms with Gasteiger partial charge in [-0.3, -0.25) is 9.36 Å². The summed E-state index contributed by atoms with van der Waals surface area (Å²) in [6, 6.07) is 3.16. The molecular weight excluding hydrogens is 592 g/mol. The SMILES string of the molecule is C[C@@H]1CCN(C(=O)CC#N)C[C@@H]1N(C)c1ncnc2c1ccn2C(=O)N(C)CCN(C)C(=O)O[C@H]1C[C@@H](O)[C@H](O)[C@@H](C(=O)O)O1. The van der Waals surface area contributed by atoms with E-state index in [1.54, 1.807) is 24.2 Å². The monoisotopic (exact) mass is 630 g/mol. The van der Waals surface area contributed by atoms with Gasteiger partial charge in [0.15, 0.2) is 11.8 Å². The minimum Gasteiger partial charge on any atom is -0.479 e. The van der Waals surface area contributed by atoms with E-state index in [0.29, 0.717) is 29.9 Å². The maximum atomic E-state index is 13.4. The van der Waals surface area contributed by atoms with Crippen LogP contribution < -0.4 is 4.90 Å². The molecule has 244 valence electrons. The molecule has 3 amide bonds. The molecule has 2 aromatic heterocycles. The lowest BCUT2D eigenvalue weighted by Gasteiger charge is -2.42. The zero-order chi connectivity index (χ0) is 33.0. The van der Waals surface area contributed by atoms with Crippen LogP contribution in [0.2, 0.25) is 0 Å². The third-order valence-electron chi connectivity index (χ3n) is 8.32. The van der Waals surface area contributed by atoms with E-state index in [4.69, 9.17) is 19.8 Å². The van der Waals surface area contributed by atoms with Gasteiger partial charge in [-0.2, -0.15) is 5.26 Å². The van der Waals surface area contributed by atoms with E-state index in [0.717, 1.165) is 6.42 Å². The normalized spacial score (nSPS) is 24.9. The van der Waals surface area contributed by atoms with Crippen LogP contribution in [0.15, 0.2) is 18.6 Å². The number of aliphatic hydroxyl groups is 2. The molecule has 6 atom stereocenters. The second-order valence-electron chi connectivity index (χ2n) is 11.4. The summed E-state index contributed by atoms with van der Waals surface area (Å²) >= 11 is 0. The first-order valence-corrected chi connectivity index (χ1v) is 14.4. The molecule has 0 bridgehead atoms. The molecule has 17 heteroatoms. The largest absolute Gasteiger partial charge is 0.479 e. The average molecular weight is 631 g/mol. The maximum absolute atomic E-state index is 13.4. The van der Waals surface area contributed by atoms with Crippen molar-refractivity contribution in [1.82, 2.24) is 29.2 Å². The summed E-state index contributed by atoms with van der Waals surface area (Å²) in [6.45, 7) is 3.27. The van der Waals surface area contributed by atoms with Gasteiger partial charge in [-0.25, -0.2) is 24.4 Å². The third kappa shape index (κ3) is 7.24. The molecule has 2 aliphatic rings. The average Bonchev–Trinajstić information content (AvgIpc) is 3.45. The Labute approximate surface area is 259 Å². The number of nitrogens with zero attached hydrogens (tertiary/aromatic N) is 8. The Hall–Kier alpha value is -4.53. The van der Waals surface area contributed by atoms with Crippen LogP contribution in [0.4, 0.5) is 15.4 Å². The number of carbonyl (C=O) groups excluding carboxylic acids is 3. The first-order valence-electron chi connectivity index (χ1n) is 14.4. The number of aliphatic hydroxyl groups excluding tert-OH is 2. The molecular formula is C28H38N8O9. The van der Waals surface area contributed by atoms with E-state index < -0.39 is 42.7 Å². The van der Waals surface area contributed by atoms with Crippen molar-refractivity contribution in [2.75, 3.05) is 52.2 Å². The van der Waals surface area contributed by atoms with Gasteiger partial charge in [-0.1, -0.05) is 6.92 Å². The number of amides is 3. The molecule has 0 radical (unpaired) electrons. The smallest absolute Gasteiger partial charge is 0.411 e. The topological polar surface area (TPSA) is 215 Å². The standard InChI is InChI=1S/C28H38N8O9/c1-16-6-9-35(20(38)5-8-29)14-18(16)34(4)24-17-7-10-36(25(17)31-15-30-24)27(42)32(2)11-12-33(3)28(43)45-21-13-19(37)22(39)23(44-21)26(40)41/h7,10,15-16,18-19,21-23,37,39H,5-6,9,11-14H2,1-4H3,(H,40,41)/t16-,18+,19-,21+,22+,23+/m1/s1. The van der Waals surface area contributed by atoms with E-state index in [9.17, 15) is 29.4 Å². The highest BCUT2D eigenvalue weighted by molar-refractivity contribution is 5.95. The van der Waals surface area contributed by atoms with Crippen LogP contribution in [-0.2, 0) is 19.1 Å². The van der Waals surface area contributed by atoms with Crippen molar-refractivity contribution in [1.29, 1.82) is 5.26 Å². The number of nitriles is 1. The second kappa shape index (κ2) is 14.1. The molecule has 3 N–H and O–H groups in total. The molecule has 0 spiro atoms. The predicted octanol–water partition coefficient (Wildman–Crippen LogP) is -0.0921. The Balaban J connectivity index is 1.39. The Bertz CT molecular complexity index is 1460. The molecule has 4 heterocycles. The lowest BCUT2D eigenvalue weighted by Crippen LogP contribution is -2.53. The molecule has 0 unspecified atom stereocenters. The zero-order valence-corrected chi connectivity index (χ0v) is 25.5. The van der Waals surface area contributed by atoms with Gasteiger partial charge in [0.1, 0.15) is 24.7 Å². The van der Waals surface area contributed by atoms with E-state index in [2.05, 4.69) is 16.9 Å². The number of aromatic nitrogens is 3. The molecule has 17 nitrogen and oxygen atoms in total. The summed E-state index contributed by atoms with van der Waals surface area (Å²) in [6.07, 6.45) is -3.87. The van der Waals surface area contributed by atoms with E-state index in [1.165, 1.54) is 27.7 Å². The van der Waals surface area contributed by atoms with Crippen molar-refractivity contribution in [3.63, 3.8) is 0 Å². The number of hydrogen-bond donors (Lipinski definition) is 3.